The molecule has 2 nitrogen and oxygen atoms in total. The first kappa shape index (κ1) is 17.7. The van der Waals surface area contributed by atoms with E-state index in [4.69, 9.17) is 10.2 Å². The van der Waals surface area contributed by atoms with Gasteiger partial charge in [-0.3, -0.25) is 4.98 Å². The second-order valence-corrected chi connectivity index (χ2v) is 6.71. The number of hydrogen-bond donors (Lipinski definition) is 0. The van der Waals surface area contributed by atoms with Crippen LogP contribution in [0.5, 0.6) is 0 Å². The third-order valence-electron chi connectivity index (χ3n) is 4.92. The van der Waals surface area contributed by atoms with E-state index in [-0.39, 0.29) is 0 Å². The third-order valence-corrected chi connectivity index (χ3v) is 4.92. The van der Waals surface area contributed by atoms with Gasteiger partial charge in [-0.25, -0.2) is 0 Å². The molecule has 134 valence electrons. The molecule has 4 rings (SSSR count). The Morgan fingerprint density at radius 3 is 2.18 bits per heavy atom. The van der Waals surface area contributed by atoms with Gasteiger partial charge in [0.25, 0.3) is 0 Å². The fourth-order valence-electron chi connectivity index (χ4n) is 3.58. The lowest BCUT2D eigenvalue weighted by Gasteiger charge is -2.16. The summed E-state index contributed by atoms with van der Waals surface area (Å²) in [7, 11) is 0. The minimum Gasteiger partial charge on any atom is -0.252 e. The van der Waals surface area contributed by atoms with Gasteiger partial charge in [0.2, 0.25) is 0 Å². The molecular formula is C26H20N2. The Balaban J connectivity index is 2.02. The van der Waals surface area contributed by atoms with Crippen molar-refractivity contribution >= 4 is 10.8 Å². The molecule has 0 amide bonds. The molecule has 0 saturated heterocycles. The molecule has 0 atom stereocenters. The summed E-state index contributed by atoms with van der Waals surface area (Å²) >= 11 is 0. The molecule has 1 aromatic heterocycles. The van der Waals surface area contributed by atoms with Gasteiger partial charge in [-0.2, -0.15) is 5.26 Å². The van der Waals surface area contributed by atoms with Gasteiger partial charge in [0.05, 0.1) is 17.3 Å². The maximum atomic E-state index is 9.10. The summed E-state index contributed by atoms with van der Waals surface area (Å²) in [6, 6.07) is 28.7. The van der Waals surface area contributed by atoms with E-state index in [1.54, 1.807) is 0 Å². The number of rotatable bonds is 5. The zero-order valence-electron chi connectivity index (χ0n) is 15.6. The third kappa shape index (κ3) is 3.31. The van der Waals surface area contributed by atoms with Crippen molar-refractivity contribution in [2.75, 3.05) is 0 Å². The van der Waals surface area contributed by atoms with Crippen LogP contribution in [0.2, 0.25) is 0 Å². The molecular weight excluding hydrogens is 340 g/mol. The molecule has 2 heteroatoms. The van der Waals surface area contributed by atoms with Crippen LogP contribution in [-0.2, 0) is 6.42 Å². The predicted molar refractivity (Wildman–Crippen MR) is 116 cm³/mol. The SMILES string of the molecule is C=CCCc1nc(-c2ccc(C#N)cc2)c2ccccc2c1-c1ccccc1. The molecule has 0 aliphatic heterocycles. The van der Waals surface area contributed by atoms with Crippen molar-refractivity contribution in [3.05, 3.63) is 103 Å². The lowest BCUT2D eigenvalue weighted by atomic mass is 9.92. The Labute approximate surface area is 165 Å². The smallest absolute Gasteiger partial charge is 0.0991 e. The van der Waals surface area contributed by atoms with E-state index in [0.29, 0.717) is 5.56 Å². The molecule has 0 bridgehead atoms. The highest BCUT2D eigenvalue weighted by Gasteiger charge is 2.16. The number of aryl methyl sites for hydroxylation is 1. The molecule has 0 aliphatic carbocycles. The van der Waals surface area contributed by atoms with Crippen LogP contribution in [0.15, 0.2) is 91.5 Å². The van der Waals surface area contributed by atoms with Crippen molar-refractivity contribution in [1.29, 1.82) is 5.26 Å². The van der Waals surface area contributed by atoms with Crippen LogP contribution < -0.4 is 0 Å². The van der Waals surface area contributed by atoms with Crippen LogP contribution in [0.4, 0.5) is 0 Å². The number of nitrogens with zero attached hydrogens (tertiary/aromatic N) is 2. The molecule has 0 aliphatic rings. The quantitative estimate of drug-likeness (QED) is 0.378. The van der Waals surface area contributed by atoms with E-state index in [0.717, 1.165) is 35.2 Å². The van der Waals surface area contributed by atoms with Crippen LogP contribution in [-0.4, -0.2) is 4.98 Å². The first-order chi connectivity index (χ1) is 13.8. The summed E-state index contributed by atoms with van der Waals surface area (Å²) in [4.78, 5) is 5.11. The number of pyridine rings is 1. The summed E-state index contributed by atoms with van der Waals surface area (Å²) in [5.41, 5.74) is 6.07. The summed E-state index contributed by atoms with van der Waals surface area (Å²) in [5.74, 6) is 0. The second kappa shape index (κ2) is 7.90. The zero-order valence-corrected chi connectivity index (χ0v) is 15.6. The molecule has 0 spiro atoms. The largest absolute Gasteiger partial charge is 0.252 e. The number of hydrogen-bond acceptors (Lipinski definition) is 2. The predicted octanol–water partition coefficient (Wildman–Crippen LogP) is 6.56. The average molecular weight is 360 g/mol. The van der Waals surface area contributed by atoms with E-state index in [1.165, 1.54) is 16.5 Å². The zero-order chi connectivity index (χ0) is 19.3. The first-order valence-electron chi connectivity index (χ1n) is 9.40. The molecule has 1 heterocycles. The number of benzene rings is 3. The lowest BCUT2D eigenvalue weighted by Crippen LogP contribution is -1.99. The van der Waals surface area contributed by atoms with Gasteiger partial charge in [0.15, 0.2) is 0 Å². The second-order valence-electron chi connectivity index (χ2n) is 6.71. The minimum absolute atomic E-state index is 0.654. The maximum Gasteiger partial charge on any atom is 0.0991 e. The Bertz CT molecular complexity index is 1170. The monoisotopic (exact) mass is 360 g/mol. The van der Waals surface area contributed by atoms with Crippen molar-refractivity contribution < 1.29 is 0 Å². The van der Waals surface area contributed by atoms with Crippen molar-refractivity contribution in [2.45, 2.75) is 12.8 Å². The van der Waals surface area contributed by atoms with Gasteiger partial charge in [0, 0.05) is 22.2 Å². The van der Waals surface area contributed by atoms with Crippen molar-refractivity contribution in [3.8, 4) is 28.5 Å². The summed E-state index contributed by atoms with van der Waals surface area (Å²) in [6.45, 7) is 3.88. The van der Waals surface area contributed by atoms with Gasteiger partial charge >= 0.3 is 0 Å². The summed E-state index contributed by atoms with van der Waals surface area (Å²) in [5, 5.41) is 11.4. The number of aromatic nitrogens is 1. The maximum absolute atomic E-state index is 9.10. The highest BCUT2D eigenvalue weighted by atomic mass is 14.7. The van der Waals surface area contributed by atoms with E-state index >= 15 is 0 Å². The van der Waals surface area contributed by atoms with E-state index < -0.39 is 0 Å². The van der Waals surface area contributed by atoms with Gasteiger partial charge in [-0.1, -0.05) is 72.8 Å². The molecule has 28 heavy (non-hydrogen) atoms. The van der Waals surface area contributed by atoms with Gasteiger partial charge in [-0.05, 0) is 35.9 Å². The highest BCUT2D eigenvalue weighted by Crippen LogP contribution is 2.37. The Morgan fingerprint density at radius 1 is 0.821 bits per heavy atom. The van der Waals surface area contributed by atoms with E-state index in [9.17, 15) is 0 Å². The summed E-state index contributed by atoms with van der Waals surface area (Å²) < 4.78 is 0. The molecule has 4 aromatic rings. The molecule has 0 saturated carbocycles. The summed E-state index contributed by atoms with van der Waals surface area (Å²) in [6.07, 6.45) is 3.65. The molecule has 0 fully saturated rings. The van der Waals surface area contributed by atoms with Crippen LogP contribution in [0.3, 0.4) is 0 Å². The Kier molecular flexibility index (Phi) is 4.99. The minimum atomic E-state index is 0.654. The Hall–Kier alpha value is -3.70. The van der Waals surface area contributed by atoms with Crippen molar-refractivity contribution in [3.63, 3.8) is 0 Å². The highest BCUT2D eigenvalue weighted by molar-refractivity contribution is 6.04. The van der Waals surface area contributed by atoms with Crippen LogP contribution in [0, 0.1) is 11.3 Å². The molecule has 0 radical (unpaired) electrons. The fraction of sp³-hybridized carbons (Fsp3) is 0.0769. The normalized spacial score (nSPS) is 10.5. The van der Waals surface area contributed by atoms with Crippen LogP contribution in [0.1, 0.15) is 17.7 Å². The van der Waals surface area contributed by atoms with Crippen LogP contribution in [0.25, 0.3) is 33.2 Å². The standard InChI is InChI=1S/C26H20N2/c1-2-3-13-24-25(20-9-5-4-6-10-20)22-11-7-8-12-23(22)26(28-24)21-16-14-19(18-27)15-17-21/h2,4-12,14-17H,1,3,13H2. The topological polar surface area (TPSA) is 36.7 Å². The molecule has 0 N–H and O–H groups in total. The van der Waals surface area contributed by atoms with Crippen LogP contribution >= 0.6 is 0 Å². The van der Waals surface area contributed by atoms with E-state index in [1.807, 2.05) is 36.4 Å². The molecule has 0 unspecified atom stereocenters. The van der Waals surface area contributed by atoms with Crippen molar-refractivity contribution in [2.24, 2.45) is 0 Å². The van der Waals surface area contributed by atoms with E-state index in [2.05, 4.69) is 61.2 Å². The fourth-order valence-corrected chi connectivity index (χ4v) is 3.58. The Morgan fingerprint density at radius 2 is 1.50 bits per heavy atom. The average Bonchev–Trinajstić information content (AvgIpc) is 2.77. The number of allylic oxidation sites excluding steroid dienone is 1. The van der Waals surface area contributed by atoms with Crippen molar-refractivity contribution in [1.82, 2.24) is 4.98 Å². The number of nitriles is 1. The van der Waals surface area contributed by atoms with Gasteiger partial charge in [-0.15, -0.1) is 6.58 Å². The molecule has 3 aromatic carbocycles. The van der Waals surface area contributed by atoms with Gasteiger partial charge < -0.3 is 0 Å². The number of fused-ring (bicyclic) bond motifs is 1. The first-order valence-corrected chi connectivity index (χ1v) is 9.40. The van der Waals surface area contributed by atoms with Gasteiger partial charge in [0.1, 0.15) is 0 Å². The lowest BCUT2D eigenvalue weighted by molar-refractivity contribution is 0.955.